The zero-order chi connectivity index (χ0) is 14.7. The first kappa shape index (κ1) is 13.6. The van der Waals surface area contributed by atoms with Crippen molar-refractivity contribution in [2.24, 2.45) is 0 Å². The first-order chi connectivity index (χ1) is 10.2. The summed E-state index contributed by atoms with van der Waals surface area (Å²) in [7, 11) is 0. The maximum Gasteiger partial charge on any atom is 0.170 e. The summed E-state index contributed by atoms with van der Waals surface area (Å²) in [6, 6.07) is 9.47. The summed E-state index contributed by atoms with van der Waals surface area (Å²) in [5, 5.41) is 0.718. The van der Waals surface area contributed by atoms with Crippen LogP contribution < -0.4 is 0 Å². The van der Waals surface area contributed by atoms with Crippen LogP contribution in [0.5, 0.6) is 0 Å². The highest BCUT2D eigenvalue weighted by atomic mass is 35.5. The third-order valence-electron chi connectivity index (χ3n) is 3.20. The van der Waals surface area contributed by atoms with Gasteiger partial charge in [0.2, 0.25) is 0 Å². The quantitative estimate of drug-likeness (QED) is 0.735. The summed E-state index contributed by atoms with van der Waals surface area (Å²) in [5.74, 6) is 0.0595. The Morgan fingerprint density at radius 2 is 2.24 bits per heavy atom. The lowest BCUT2D eigenvalue weighted by Gasteiger charge is -2.02. The molecule has 0 atom stereocenters. The van der Waals surface area contributed by atoms with Crippen LogP contribution in [-0.2, 0) is 13.0 Å². The van der Waals surface area contributed by atoms with Gasteiger partial charge in [0.25, 0.3) is 0 Å². The van der Waals surface area contributed by atoms with Crippen LogP contribution in [0.3, 0.4) is 0 Å². The molecule has 0 saturated heterocycles. The van der Waals surface area contributed by atoms with Crippen LogP contribution in [-0.4, -0.2) is 20.3 Å². The molecule has 21 heavy (non-hydrogen) atoms. The highest BCUT2D eigenvalue weighted by molar-refractivity contribution is 6.30. The Morgan fingerprint density at radius 1 is 1.33 bits per heavy atom. The number of hydrogen-bond acceptors (Lipinski definition) is 2. The maximum atomic E-state index is 12.0. The molecule has 0 radical (unpaired) electrons. The Balaban J connectivity index is 1.68. The summed E-state index contributed by atoms with van der Waals surface area (Å²) < 4.78 is 1.95. The smallest absolute Gasteiger partial charge is 0.170 e. The lowest BCUT2D eigenvalue weighted by molar-refractivity contribution is 0.0992. The number of aromatic nitrogens is 3. The SMILES string of the molecule is O=C(Cc1cn(Cc2cccc(Cl)c2)cn1)c1cc[nH]c1. The molecule has 0 fully saturated rings. The molecule has 0 spiro atoms. The largest absolute Gasteiger partial charge is 0.367 e. The fourth-order valence-corrected chi connectivity index (χ4v) is 2.41. The van der Waals surface area contributed by atoms with Gasteiger partial charge in [0, 0.05) is 35.7 Å². The summed E-state index contributed by atoms with van der Waals surface area (Å²) in [5.41, 5.74) is 2.55. The normalized spacial score (nSPS) is 10.7. The summed E-state index contributed by atoms with van der Waals surface area (Å²) in [6.45, 7) is 0.686. The van der Waals surface area contributed by atoms with E-state index >= 15 is 0 Å². The molecule has 0 aliphatic heterocycles. The van der Waals surface area contributed by atoms with E-state index in [1.807, 2.05) is 35.0 Å². The van der Waals surface area contributed by atoms with Gasteiger partial charge in [0.05, 0.1) is 18.4 Å². The molecule has 106 valence electrons. The first-order valence-corrected chi connectivity index (χ1v) is 6.99. The molecular formula is C16H14ClN3O. The number of ketones is 1. The highest BCUT2D eigenvalue weighted by Crippen LogP contribution is 2.12. The minimum absolute atomic E-state index is 0.0595. The number of halogens is 1. The van der Waals surface area contributed by atoms with E-state index in [0.29, 0.717) is 18.5 Å². The number of imidazole rings is 1. The predicted molar refractivity (Wildman–Crippen MR) is 81.6 cm³/mol. The topological polar surface area (TPSA) is 50.7 Å². The number of carbonyl (C=O) groups is 1. The minimum atomic E-state index is 0.0595. The van der Waals surface area contributed by atoms with Gasteiger partial charge in [-0.1, -0.05) is 23.7 Å². The number of rotatable bonds is 5. The van der Waals surface area contributed by atoms with Gasteiger partial charge in [0.15, 0.2) is 5.78 Å². The zero-order valence-electron chi connectivity index (χ0n) is 11.3. The molecule has 0 aliphatic rings. The fourth-order valence-electron chi connectivity index (χ4n) is 2.19. The van der Waals surface area contributed by atoms with Gasteiger partial charge in [-0.15, -0.1) is 0 Å². The minimum Gasteiger partial charge on any atom is -0.367 e. The number of carbonyl (C=O) groups excluding carboxylic acids is 1. The molecule has 0 aliphatic carbocycles. The van der Waals surface area contributed by atoms with Crippen LogP contribution in [0.4, 0.5) is 0 Å². The lowest BCUT2D eigenvalue weighted by atomic mass is 10.1. The summed E-state index contributed by atoms with van der Waals surface area (Å²) in [6.07, 6.45) is 7.38. The molecule has 2 heterocycles. The van der Waals surface area contributed by atoms with Gasteiger partial charge >= 0.3 is 0 Å². The van der Waals surface area contributed by atoms with Crippen molar-refractivity contribution in [3.05, 3.63) is 77.1 Å². The Morgan fingerprint density at radius 3 is 3.00 bits per heavy atom. The third-order valence-corrected chi connectivity index (χ3v) is 3.44. The monoisotopic (exact) mass is 299 g/mol. The lowest BCUT2D eigenvalue weighted by Crippen LogP contribution is -2.02. The molecule has 0 amide bonds. The predicted octanol–water partition coefficient (Wildman–Crippen LogP) is 3.34. The van der Waals surface area contributed by atoms with Crippen LogP contribution >= 0.6 is 11.6 Å². The Kier molecular flexibility index (Phi) is 3.88. The van der Waals surface area contributed by atoms with Gasteiger partial charge < -0.3 is 9.55 Å². The van der Waals surface area contributed by atoms with Crippen molar-refractivity contribution in [3.63, 3.8) is 0 Å². The van der Waals surface area contributed by atoms with Crippen LogP contribution in [0.1, 0.15) is 21.6 Å². The highest BCUT2D eigenvalue weighted by Gasteiger charge is 2.09. The van der Waals surface area contributed by atoms with Crippen molar-refractivity contribution >= 4 is 17.4 Å². The fraction of sp³-hybridized carbons (Fsp3) is 0.125. The Hall–Kier alpha value is -2.33. The number of H-pyrrole nitrogens is 1. The third kappa shape index (κ3) is 3.41. The van der Waals surface area contributed by atoms with Crippen molar-refractivity contribution in [3.8, 4) is 0 Å². The molecule has 4 nitrogen and oxygen atoms in total. The molecule has 0 unspecified atom stereocenters. The van der Waals surface area contributed by atoms with Crippen LogP contribution in [0, 0.1) is 0 Å². The maximum absolute atomic E-state index is 12.0. The summed E-state index contributed by atoms with van der Waals surface area (Å²) >= 11 is 5.97. The van der Waals surface area contributed by atoms with Gasteiger partial charge in [-0.2, -0.15) is 0 Å². The molecule has 3 aromatic rings. The second kappa shape index (κ2) is 5.97. The van der Waals surface area contributed by atoms with E-state index in [-0.39, 0.29) is 5.78 Å². The molecule has 3 rings (SSSR count). The van der Waals surface area contributed by atoms with Crippen LogP contribution in [0.15, 0.2) is 55.2 Å². The van der Waals surface area contributed by atoms with E-state index in [9.17, 15) is 4.79 Å². The molecule has 0 saturated carbocycles. The second-order valence-electron chi connectivity index (χ2n) is 4.87. The molecule has 1 aromatic carbocycles. The van der Waals surface area contributed by atoms with Gasteiger partial charge in [-0.05, 0) is 23.8 Å². The van der Waals surface area contributed by atoms with Gasteiger partial charge in [-0.3, -0.25) is 4.79 Å². The standard InChI is InChI=1S/C16H14ClN3O/c17-14-3-1-2-12(6-14)9-20-10-15(19-11-20)7-16(21)13-4-5-18-8-13/h1-6,8,10-11,18H,7,9H2. The molecule has 2 aromatic heterocycles. The number of Topliss-reactive ketones (excluding diaryl/α,β-unsaturated/α-hetero) is 1. The van der Waals surface area contributed by atoms with Gasteiger partial charge in [-0.25, -0.2) is 4.98 Å². The second-order valence-corrected chi connectivity index (χ2v) is 5.30. The van der Waals surface area contributed by atoms with Crippen LogP contribution in [0.2, 0.25) is 5.02 Å². The molecule has 5 heteroatoms. The molecule has 1 N–H and O–H groups in total. The van der Waals surface area contributed by atoms with E-state index < -0.39 is 0 Å². The van der Waals surface area contributed by atoms with E-state index in [1.165, 1.54) is 0 Å². The molecule has 0 bridgehead atoms. The Bertz CT molecular complexity index is 746. The Labute approximate surface area is 127 Å². The number of benzene rings is 1. The summed E-state index contributed by atoms with van der Waals surface area (Å²) in [4.78, 5) is 19.2. The first-order valence-electron chi connectivity index (χ1n) is 6.62. The van der Waals surface area contributed by atoms with E-state index in [1.54, 1.807) is 24.8 Å². The number of aromatic amines is 1. The van der Waals surface area contributed by atoms with Crippen molar-refractivity contribution in [1.82, 2.24) is 14.5 Å². The van der Waals surface area contributed by atoms with Gasteiger partial charge in [0.1, 0.15) is 0 Å². The van der Waals surface area contributed by atoms with Crippen LogP contribution in [0.25, 0.3) is 0 Å². The van der Waals surface area contributed by atoms with E-state index in [4.69, 9.17) is 11.6 Å². The number of nitrogens with one attached hydrogen (secondary N) is 1. The van der Waals surface area contributed by atoms with Crippen molar-refractivity contribution in [2.75, 3.05) is 0 Å². The number of nitrogens with zero attached hydrogens (tertiary/aromatic N) is 2. The molecular weight excluding hydrogens is 286 g/mol. The van der Waals surface area contributed by atoms with Crippen molar-refractivity contribution < 1.29 is 4.79 Å². The van der Waals surface area contributed by atoms with Crippen molar-refractivity contribution in [2.45, 2.75) is 13.0 Å². The average Bonchev–Trinajstić information content (AvgIpc) is 3.10. The zero-order valence-corrected chi connectivity index (χ0v) is 12.0. The van der Waals surface area contributed by atoms with Crippen molar-refractivity contribution in [1.29, 1.82) is 0 Å². The van der Waals surface area contributed by atoms with E-state index in [0.717, 1.165) is 16.3 Å². The van der Waals surface area contributed by atoms with E-state index in [2.05, 4.69) is 9.97 Å². The number of hydrogen-bond donors (Lipinski definition) is 1. The average molecular weight is 300 g/mol.